The number of hydrogen-bond donors (Lipinski definition) is 1. The molecule has 0 spiro atoms. The van der Waals surface area contributed by atoms with E-state index in [0.29, 0.717) is 6.61 Å². The monoisotopic (exact) mass is 333 g/mol. The second-order valence-electron chi connectivity index (χ2n) is 4.22. The first-order valence-electron chi connectivity index (χ1n) is 5.91. The van der Waals surface area contributed by atoms with Crippen LogP contribution in [0.25, 0.3) is 0 Å². The van der Waals surface area contributed by atoms with E-state index in [1.807, 2.05) is 6.92 Å². The van der Waals surface area contributed by atoms with Gasteiger partial charge in [0.15, 0.2) is 0 Å². The molecule has 0 radical (unpaired) electrons. The maximum atomic E-state index is 13.5. The lowest BCUT2D eigenvalue weighted by atomic mass is 10.2. The van der Waals surface area contributed by atoms with Gasteiger partial charge in [0, 0.05) is 12.1 Å². The van der Waals surface area contributed by atoms with Gasteiger partial charge >= 0.3 is 5.97 Å². The van der Waals surface area contributed by atoms with Crippen LogP contribution >= 0.6 is 15.9 Å². The number of rotatable bonds is 6. The van der Waals surface area contributed by atoms with Crippen molar-refractivity contribution in [2.24, 2.45) is 5.73 Å². The third-order valence-electron chi connectivity index (χ3n) is 2.49. The molecule has 106 valence electrons. The first kappa shape index (κ1) is 15.9. The quantitative estimate of drug-likeness (QED) is 0.642. The predicted octanol–water partition coefficient (Wildman–Crippen LogP) is 2.88. The Labute approximate surface area is 120 Å². The third kappa shape index (κ3) is 4.80. The summed E-state index contributed by atoms with van der Waals surface area (Å²) in [7, 11) is 1.26. The Hall–Kier alpha value is -1.14. The van der Waals surface area contributed by atoms with Crippen LogP contribution in [-0.4, -0.2) is 25.7 Å². The van der Waals surface area contributed by atoms with Crippen LogP contribution in [0.15, 0.2) is 16.6 Å². The number of carbonyl (C=O) groups is 1. The number of esters is 1. The van der Waals surface area contributed by atoms with Crippen molar-refractivity contribution in [2.75, 3.05) is 13.7 Å². The van der Waals surface area contributed by atoms with Gasteiger partial charge in [0.2, 0.25) is 0 Å². The zero-order valence-corrected chi connectivity index (χ0v) is 12.5. The highest BCUT2D eigenvalue weighted by atomic mass is 79.9. The summed E-state index contributed by atoms with van der Waals surface area (Å²) in [5, 5.41) is 0. The molecule has 6 heteroatoms. The van der Waals surface area contributed by atoms with E-state index in [9.17, 15) is 9.18 Å². The summed E-state index contributed by atoms with van der Waals surface area (Å²) in [6, 6.07) is 2.61. The molecule has 0 aliphatic rings. The molecule has 0 saturated heterocycles. The summed E-state index contributed by atoms with van der Waals surface area (Å²) in [6.45, 7) is 2.27. The van der Waals surface area contributed by atoms with E-state index >= 15 is 0 Å². The maximum absolute atomic E-state index is 13.5. The van der Waals surface area contributed by atoms with Gasteiger partial charge in [-0.3, -0.25) is 0 Å². The van der Waals surface area contributed by atoms with Gasteiger partial charge in [-0.15, -0.1) is 0 Å². The lowest BCUT2D eigenvalue weighted by Crippen LogP contribution is -2.16. The number of ether oxygens (including phenoxy) is 2. The molecule has 0 fully saturated rings. The van der Waals surface area contributed by atoms with Crippen LogP contribution in [-0.2, 0) is 4.74 Å². The van der Waals surface area contributed by atoms with Crippen molar-refractivity contribution in [1.82, 2.24) is 0 Å². The second-order valence-corrected chi connectivity index (χ2v) is 5.08. The maximum Gasteiger partial charge on any atom is 0.341 e. The molecule has 0 aliphatic heterocycles. The summed E-state index contributed by atoms with van der Waals surface area (Å²) in [5.74, 6) is -0.880. The average Bonchev–Trinajstić information content (AvgIpc) is 2.37. The Morgan fingerprint density at radius 3 is 2.79 bits per heavy atom. The van der Waals surface area contributed by atoms with E-state index < -0.39 is 11.8 Å². The molecule has 1 aromatic carbocycles. The van der Waals surface area contributed by atoms with Gasteiger partial charge < -0.3 is 15.2 Å². The fraction of sp³-hybridized carbons (Fsp3) is 0.462. The molecule has 1 rings (SSSR count). The molecular formula is C13H17BrFNO3. The van der Waals surface area contributed by atoms with E-state index in [1.165, 1.54) is 19.2 Å². The molecule has 0 heterocycles. The van der Waals surface area contributed by atoms with Crippen molar-refractivity contribution in [3.8, 4) is 5.75 Å². The topological polar surface area (TPSA) is 61.5 Å². The Kier molecular flexibility index (Phi) is 6.24. The fourth-order valence-corrected chi connectivity index (χ4v) is 1.85. The summed E-state index contributed by atoms with van der Waals surface area (Å²) in [4.78, 5) is 11.6. The highest BCUT2D eigenvalue weighted by molar-refractivity contribution is 9.10. The van der Waals surface area contributed by atoms with Gasteiger partial charge in [0.25, 0.3) is 0 Å². The molecule has 19 heavy (non-hydrogen) atoms. The van der Waals surface area contributed by atoms with Crippen LogP contribution in [0.2, 0.25) is 0 Å². The predicted molar refractivity (Wildman–Crippen MR) is 73.8 cm³/mol. The SMILES string of the molecule is COC(=O)c1cc(Br)c(F)cc1OCCC[C@@H](C)N. The van der Waals surface area contributed by atoms with Gasteiger partial charge in [-0.25, -0.2) is 9.18 Å². The zero-order valence-electron chi connectivity index (χ0n) is 10.9. The summed E-state index contributed by atoms with van der Waals surface area (Å²) < 4.78 is 23.7. The van der Waals surface area contributed by atoms with Gasteiger partial charge in [0.05, 0.1) is 18.2 Å². The molecule has 2 N–H and O–H groups in total. The standard InChI is InChI=1S/C13H17BrFNO3/c1-8(16)4-3-5-19-12-7-11(15)10(14)6-9(12)13(17)18-2/h6-8H,3-5,16H2,1-2H3/t8-/m1/s1. The van der Waals surface area contributed by atoms with E-state index in [0.717, 1.165) is 12.8 Å². The normalized spacial score (nSPS) is 12.1. The first-order chi connectivity index (χ1) is 8.95. The number of methoxy groups -OCH3 is 1. The zero-order chi connectivity index (χ0) is 14.4. The highest BCUT2D eigenvalue weighted by Crippen LogP contribution is 2.27. The van der Waals surface area contributed by atoms with E-state index in [1.54, 1.807) is 0 Å². The molecule has 0 bridgehead atoms. The number of benzene rings is 1. The third-order valence-corrected chi connectivity index (χ3v) is 3.10. The summed E-state index contributed by atoms with van der Waals surface area (Å²) >= 11 is 3.02. The fourth-order valence-electron chi connectivity index (χ4n) is 1.50. The Balaban J connectivity index is 2.80. The van der Waals surface area contributed by atoms with E-state index in [2.05, 4.69) is 20.7 Å². The lowest BCUT2D eigenvalue weighted by molar-refractivity contribution is 0.0595. The van der Waals surface area contributed by atoms with Gasteiger partial charge in [-0.2, -0.15) is 0 Å². The van der Waals surface area contributed by atoms with Crippen LogP contribution in [0.4, 0.5) is 4.39 Å². The van der Waals surface area contributed by atoms with Gasteiger partial charge in [-0.05, 0) is 41.8 Å². The van der Waals surface area contributed by atoms with Crippen molar-refractivity contribution in [1.29, 1.82) is 0 Å². The summed E-state index contributed by atoms with van der Waals surface area (Å²) in [5.41, 5.74) is 5.81. The van der Waals surface area contributed by atoms with E-state index in [-0.39, 0.29) is 21.8 Å². The summed E-state index contributed by atoms with van der Waals surface area (Å²) in [6.07, 6.45) is 1.53. The average molecular weight is 334 g/mol. The minimum absolute atomic E-state index is 0.0883. The van der Waals surface area contributed by atoms with Crippen LogP contribution in [0.5, 0.6) is 5.75 Å². The molecule has 0 amide bonds. The molecule has 0 aliphatic carbocycles. The minimum Gasteiger partial charge on any atom is -0.493 e. The Morgan fingerprint density at radius 2 is 2.21 bits per heavy atom. The largest absolute Gasteiger partial charge is 0.493 e. The highest BCUT2D eigenvalue weighted by Gasteiger charge is 2.16. The molecule has 0 unspecified atom stereocenters. The van der Waals surface area contributed by atoms with Crippen LogP contribution in [0.3, 0.4) is 0 Å². The molecule has 0 aromatic heterocycles. The van der Waals surface area contributed by atoms with Crippen molar-refractivity contribution in [3.63, 3.8) is 0 Å². The Bertz CT molecular complexity index is 452. The number of nitrogens with two attached hydrogens (primary N) is 1. The first-order valence-corrected chi connectivity index (χ1v) is 6.70. The number of halogens is 2. The molecule has 4 nitrogen and oxygen atoms in total. The van der Waals surface area contributed by atoms with Crippen molar-refractivity contribution < 1.29 is 18.7 Å². The van der Waals surface area contributed by atoms with Gasteiger partial charge in [-0.1, -0.05) is 0 Å². The molecule has 1 aromatic rings. The molecule has 0 saturated carbocycles. The smallest absolute Gasteiger partial charge is 0.341 e. The van der Waals surface area contributed by atoms with E-state index in [4.69, 9.17) is 10.5 Å². The second kappa shape index (κ2) is 7.45. The van der Waals surface area contributed by atoms with Crippen LogP contribution < -0.4 is 10.5 Å². The number of carbonyl (C=O) groups excluding carboxylic acids is 1. The Morgan fingerprint density at radius 1 is 1.53 bits per heavy atom. The molecule has 1 atom stereocenters. The van der Waals surface area contributed by atoms with Gasteiger partial charge in [0.1, 0.15) is 17.1 Å². The van der Waals surface area contributed by atoms with Crippen LogP contribution in [0.1, 0.15) is 30.1 Å². The minimum atomic E-state index is -0.567. The van der Waals surface area contributed by atoms with Crippen LogP contribution in [0, 0.1) is 5.82 Å². The molecular weight excluding hydrogens is 317 g/mol. The van der Waals surface area contributed by atoms with Crippen molar-refractivity contribution in [2.45, 2.75) is 25.8 Å². The number of hydrogen-bond acceptors (Lipinski definition) is 4. The van der Waals surface area contributed by atoms with Crippen molar-refractivity contribution in [3.05, 3.63) is 28.0 Å². The van der Waals surface area contributed by atoms with Crippen molar-refractivity contribution >= 4 is 21.9 Å². The lowest BCUT2D eigenvalue weighted by Gasteiger charge is -2.12.